The van der Waals surface area contributed by atoms with Gasteiger partial charge in [-0.1, -0.05) is 0 Å². The van der Waals surface area contributed by atoms with Crippen molar-refractivity contribution in [1.82, 2.24) is 4.98 Å². The number of rotatable bonds is 2. The molecule has 0 atom stereocenters. The van der Waals surface area contributed by atoms with E-state index in [2.05, 4.69) is 10.3 Å². The highest BCUT2D eigenvalue weighted by atomic mass is 16.4. The molecule has 4 heteroatoms. The van der Waals surface area contributed by atoms with Crippen LogP contribution in [0.4, 0.5) is 6.01 Å². The number of hydrogen-bond donors (Lipinski definition) is 2. The zero-order valence-electron chi connectivity index (χ0n) is 8.36. The lowest BCUT2D eigenvalue weighted by Crippen LogP contribution is -2.28. The number of hydrogen-bond acceptors (Lipinski definition) is 4. The Labute approximate surface area is 83.3 Å². The SMILES string of the molecule is Cc1coc(NC2CCC(O)CC2)n1. The normalized spacial score (nSPS) is 27.6. The van der Waals surface area contributed by atoms with Crippen LogP contribution in [0, 0.1) is 6.92 Å². The second kappa shape index (κ2) is 4.00. The zero-order valence-corrected chi connectivity index (χ0v) is 8.36. The molecule has 0 unspecified atom stereocenters. The molecule has 0 spiro atoms. The lowest BCUT2D eigenvalue weighted by molar-refractivity contribution is 0.125. The molecule has 4 nitrogen and oxygen atoms in total. The van der Waals surface area contributed by atoms with E-state index >= 15 is 0 Å². The van der Waals surface area contributed by atoms with Crippen LogP contribution < -0.4 is 5.32 Å². The average Bonchev–Trinajstić information content (AvgIpc) is 2.56. The van der Waals surface area contributed by atoms with Gasteiger partial charge >= 0.3 is 0 Å². The first-order chi connectivity index (χ1) is 6.74. The van der Waals surface area contributed by atoms with Gasteiger partial charge in [0, 0.05) is 6.04 Å². The Morgan fingerprint density at radius 1 is 1.43 bits per heavy atom. The molecule has 0 amide bonds. The van der Waals surface area contributed by atoms with Crippen LogP contribution in [-0.4, -0.2) is 22.2 Å². The van der Waals surface area contributed by atoms with Crippen LogP contribution in [0.15, 0.2) is 10.7 Å². The van der Waals surface area contributed by atoms with Crippen molar-refractivity contribution >= 4 is 6.01 Å². The number of aryl methyl sites for hydroxylation is 1. The number of aliphatic hydroxyl groups excluding tert-OH is 1. The summed E-state index contributed by atoms with van der Waals surface area (Å²) < 4.78 is 5.21. The van der Waals surface area contributed by atoms with E-state index in [0.29, 0.717) is 12.1 Å². The molecule has 0 radical (unpaired) electrons. The summed E-state index contributed by atoms with van der Waals surface area (Å²) in [4.78, 5) is 4.18. The summed E-state index contributed by atoms with van der Waals surface area (Å²) in [6.45, 7) is 1.90. The van der Waals surface area contributed by atoms with E-state index in [-0.39, 0.29) is 6.10 Å². The Hall–Kier alpha value is -1.03. The first-order valence-corrected chi connectivity index (χ1v) is 5.11. The quantitative estimate of drug-likeness (QED) is 0.755. The molecule has 1 aliphatic rings. The summed E-state index contributed by atoms with van der Waals surface area (Å²) in [6, 6.07) is 1.00. The van der Waals surface area contributed by atoms with Gasteiger partial charge in [-0.3, -0.25) is 0 Å². The van der Waals surface area contributed by atoms with Crippen LogP contribution in [-0.2, 0) is 0 Å². The van der Waals surface area contributed by atoms with Crippen molar-refractivity contribution in [3.63, 3.8) is 0 Å². The second-order valence-electron chi connectivity index (χ2n) is 3.94. The lowest BCUT2D eigenvalue weighted by atomic mass is 9.93. The van der Waals surface area contributed by atoms with Gasteiger partial charge in [0.1, 0.15) is 6.26 Å². The van der Waals surface area contributed by atoms with Crippen LogP contribution in [0.25, 0.3) is 0 Å². The molecular weight excluding hydrogens is 180 g/mol. The van der Waals surface area contributed by atoms with Crippen LogP contribution in [0.5, 0.6) is 0 Å². The van der Waals surface area contributed by atoms with Crippen molar-refractivity contribution in [2.45, 2.75) is 44.8 Å². The first kappa shape index (κ1) is 9.52. The van der Waals surface area contributed by atoms with Gasteiger partial charge in [0.05, 0.1) is 11.8 Å². The van der Waals surface area contributed by atoms with Gasteiger partial charge in [0.2, 0.25) is 0 Å². The Balaban J connectivity index is 1.86. The molecule has 2 N–H and O–H groups in total. The topological polar surface area (TPSA) is 58.3 Å². The molecular formula is C10H16N2O2. The minimum Gasteiger partial charge on any atom is -0.432 e. The van der Waals surface area contributed by atoms with Gasteiger partial charge in [0.15, 0.2) is 0 Å². The van der Waals surface area contributed by atoms with Crippen LogP contribution >= 0.6 is 0 Å². The molecule has 2 rings (SSSR count). The lowest BCUT2D eigenvalue weighted by Gasteiger charge is -2.25. The van der Waals surface area contributed by atoms with Crippen LogP contribution in [0.3, 0.4) is 0 Å². The minimum absolute atomic E-state index is 0.112. The molecule has 0 aromatic carbocycles. The highest BCUT2D eigenvalue weighted by molar-refractivity contribution is 5.22. The predicted molar refractivity (Wildman–Crippen MR) is 53.1 cm³/mol. The molecule has 1 aromatic rings. The number of nitrogens with one attached hydrogen (secondary N) is 1. The fourth-order valence-electron chi connectivity index (χ4n) is 1.82. The summed E-state index contributed by atoms with van der Waals surface area (Å²) in [5, 5.41) is 12.6. The van der Waals surface area contributed by atoms with E-state index in [1.54, 1.807) is 6.26 Å². The molecule has 78 valence electrons. The van der Waals surface area contributed by atoms with Gasteiger partial charge in [-0.05, 0) is 32.6 Å². The summed E-state index contributed by atoms with van der Waals surface area (Å²) in [6.07, 6.45) is 5.25. The van der Waals surface area contributed by atoms with Crippen molar-refractivity contribution in [2.24, 2.45) is 0 Å². The maximum Gasteiger partial charge on any atom is 0.294 e. The molecule has 1 heterocycles. The number of aliphatic hydroxyl groups is 1. The van der Waals surface area contributed by atoms with E-state index in [1.165, 1.54) is 0 Å². The predicted octanol–water partition coefficient (Wildman–Crippen LogP) is 1.70. The van der Waals surface area contributed by atoms with Gasteiger partial charge in [-0.15, -0.1) is 0 Å². The number of aromatic nitrogens is 1. The molecule has 0 bridgehead atoms. The molecule has 0 aliphatic heterocycles. The number of nitrogens with zero attached hydrogens (tertiary/aromatic N) is 1. The summed E-state index contributed by atoms with van der Waals surface area (Å²) in [5.41, 5.74) is 0.892. The van der Waals surface area contributed by atoms with Crippen LogP contribution in [0.1, 0.15) is 31.4 Å². The van der Waals surface area contributed by atoms with Crippen molar-refractivity contribution in [1.29, 1.82) is 0 Å². The Morgan fingerprint density at radius 3 is 2.71 bits per heavy atom. The van der Waals surface area contributed by atoms with Crippen molar-refractivity contribution in [3.05, 3.63) is 12.0 Å². The maximum absolute atomic E-state index is 9.33. The van der Waals surface area contributed by atoms with E-state index < -0.39 is 0 Å². The number of oxazole rings is 1. The van der Waals surface area contributed by atoms with Crippen molar-refractivity contribution < 1.29 is 9.52 Å². The molecule has 0 saturated heterocycles. The minimum atomic E-state index is -0.112. The van der Waals surface area contributed by atoms with Gasteiger partial charge in [-0.2, -0.15) is 4.98 Å². The molecule has 1 aliphatic carbocycles. The Morgan fingerprint density at radius 2 is 2.14 bits per heavy atom. The number of anilines is 1. The highest BCUT2D eigenvalue weighted by Crippen LogP contribution is 2.21. The van der Waals surface area contributed by atoms with E-state index in [9.17, 15) is 5.11 Å². The van der Waals surface area contributed by atoms with E-state index in [1.807, 2.05) is 6.92 Å². The van der Waals surface area contributed by atoms with E-state index in [4.69, 9.17) is 4.42 Å². The van der Waals surface area contributed by atoms with Gasteiger partial charge < -0.3 is 14.8 Å². The summed E-state index contributed by atoms with van der Waals surface area (Å²) in [5.74, 6) is 0. The van der Waals surface area contributed by atoms with Crippen molar-refractivity contribution in [3.8, 4) is 0 Å². The van der Waals surface area contributed by atoms with Gasteiger partial charge in [0.25, 0.3) is 6.01 Å². The third-order valence-corrected chi connectivity index (χ3v) is 2.64. The summed E-state index contributed by atoms with van der Waals surface area (Å²) in [7, 11) is 0. The standard InChI is InChI=1S/C10H16N2O2/c1-7-6-14-10(11-7)12-8-2-4-9(13)5-3-8/h6,8-9,13H,2-5H2,1H3,(H,11,12). The van der Waals surface area contributed by atoms with E-state index in [0.717, 1.165) is 31.4 Å². The monoisotopic (exact) mass is 196 g/mol. The third kappa shape index (κ3) is 2.26. The molecule has 14 heavy (non-hydrogen) atoms. The second-order valence-corrected chi connectivity index (χ2v) is 3.94. The van der Waals surface area contributed by atoms with Crippen molar-refractivity contribution in [2.75, 3.05) is 5.32 Å². The largest absolute Gasteiger partial charge is 0.432 e. The molecule has 1 saturated carbocycles. The first-order valence-electron chi connectivity index (χ1n) is 5.11. The fraction of sp³-hybridized carbons (Fsp3) is 0.700. The fourth-order valence-corrected chi connectivity index (χ4v) is 1.82. The van der Waals surface area contributed by atoms with Crippen LogP contribution in [0.2, 0.25) is 0 Å². The average molecular weight is 196 g/mol. The molecule has 1 aromatic heterocycles. The maximum atomic E-state index is 9.33. The zero-order chi connectivity index (χ0) is 9.97. The Bertz CT molecular complexity index is 290. The summed E-state index contributed by atoms with van der Waals surface area (Å²) >= 11 is 0. The highest BCUT2D eigenvalue weighted by Gasteiger charge is 2.20. The van der Waals surface area contributed by atoms with Gasteiger partial charge in [-0.25, -0.2) is 0 Å². The Kier molecular flexibility index (Phi) is 2.72. The molecule has 1 fully saturated rings. The smallest absolute Gasteiger partial charge is 0.294 e. The third-order valence-electron chi connectivity index (χ3n) is 2.64.